The van der Waals surface area contributed by atoms with Crippen LogP contribution in [0, 0.1) is 0 Å². The van der Waals surface area contributed by atoms with Crippen LogP contribution in [0.25, 0.3) is 0 Å². The molecule has 0 radical (unpaired) electrons. The van der Waals surface area contributed by atoms with Crippen molar-refractivity contribution >= 4 is 5.91 Å². The maximum Gasteiger partial charge on any atom is 0.260 e. The topological polar surface area (TPSA) is 47.4 Å². The number of rotatable bonds is 2. The molecule has 1 aromatic rings. The van der Waals surface area contributed by atoms with Gasteiger partial charge in [0.2, 0.25) is 5.88 Å². The molecule has 0 saturated carbocycles. The third-order valence-corrected chi connectivity index (χ3v) is 2.61. The molecule has 0 aromatic carbocycles. The number of likely N-dealkylation sites (tertiary alicyclic amines) is 1. The minimum atomic E-state index is 0.0254. The molecule has 1 aromatic heterocycles. The van der Waals surface area contributed by atoms with E-state index in [1.54, 1.807) is 17.9 Å². The molecule has 82 valence electrons. The molecule has 1 fully saturated rings. The van der Waals surface area contributed by atoms with E-state index in [1.807, 2.05) is 4.90 Å². The lowest BCUT2D eigenvalue weighted by molar-refractivity contribution is 0.0789. The lowest BCUT2D eigenvalue weighted by atomic mass is 10.3. The molecule has 1 saturated heterocycles. The molecule has 0 bridgehead atoms. The Morgan fingerprint density at radius 2 is 2.13 bits per heavy atom. The van der Waals surface area contributed by atoms with Crippen molar-refractivity contribution in [2.75, 3.05) is 20.2 Å². The maximum absolute atomic E-state index is 12.0. The lowest BCUT2D eigenvalue weighted by Gasteiger charge is -2.14. The standard InChI is InChI=1S/C10H15N3O2/c1-12-7-8(9(11-12)15-2)10(14)13-5-3-4-6-13/h7H,3-6H2,1-2H3. The van der Waals surface area contributed by atoms with E-state index in [-0.39, 0.29) is 5.91 Å². The quantitative estimate of drug-likeness (QED) is 0.719. The van der Waals surface area contributed by atoms with Crippen molar-refractivity contribution in [3.63, 3.8) is 0 Å². The molecule has 2 heterocycles. The van der Waals surface area contributed by atoms with Gasteiger partial charge in [-0.1, -0.05) is 0 Å². The second-order valence-corrected chi connectivity index (χ2v) is 3.73. The zero-order valence-corrected chi connectivity index (χ0v) is 9.06. The molecule has 0 aliphatic carbocycles. The second-order valence-electron chi connectivity index (χ2n) is 3.73. The average Bonchev–Trinajstić information content (AvgIpc) is 2.84. The van der Waals surface area contributed by atoms with Crippen molar-refractivity contribution in [1.82, 2.24) is 14.7 Å². The van der Waals surface area contributed by atoms with Crippen LogP contribution in [0.2, 0.25) is 0 Å². The number of hydrogen-bond acceptors (Lipinski definition) is 3. The summed E-state index contributed by atoms with van der Waals surface area (Å²) in [6.45, 7) is 1.69. The van der Waals surface area contributed by atoms with Gasteiger partial charge in [0, 0.05) is 26.3 Å². The van der Waals surface area contributed by atoms with Crippen LogP contribution in [-0.4, -0.2) is 40.8 Å². The summed E-state index contributed by atoms with van der Waals surface area (Å²) in [4.78, 5) is 13.9. The van der Waals surface area contributed by atoms with Gasteiger partial charge in [0.1, 0.15) is 5.56 Å². The minimum absolute atomic E-state index is 0.0254. The van der Waals surface area contributed by atoms with Gasteiger partial charge in [0.25, 0.3) is 5.91 Å². The van der Waals surface area contributed by atoms with Crippen LogP contribution in [0.5, 0.6) is 5.88 Å². The number of amides is 1. The van der Waals surface area contributed by atoms with E-state index in [2.05, 4.69) is 5.10 Å². The molecule has 2 rings (SSSR count). The van der Waals surface area contributed by atoms with Gasteiger partial charge < -0.3 is 9.64 Å². The van der Waals surface area contributed by atoms with Gasteiger partial charge >= 0.3 is 0 Å². The molecular weight excluding hydrogens is 194 g/mol. The third kappa shape index (κ3) is 1.82. The highest BCUT2D eigenvalue weighted by molar-refractivity contribution is 5.96. The Labute approximate surface area is 88.6 Å². The van der Waals surface area contributed by atoms with Crippen molar-refractivity contribution in [2.45, 2.75) is 12.8 Å². The SMILES string of the molecule is COc1nn(C)cc1C(=O)N1CCCC1. The minimum Gasteiger partial charge on any atom is -0.479 e. The zero-order valence-electron chi connectivity index (χ0n) is 9.06. The summed E-state index contributed by atoms with van der Waals surface area (Å²) in [5.74, 6) is 0.437. The van der Waals surface area contributed by atoms with Crippen molar-refractivity contribution in [3.8, 4) is 5.88 Å². The Bertz CT molecular complexity index is 367. The molecule has 5 nitrogen and oxygen atoms in total. The predicted octanol–water partition coefficient (Wildman–Crippen LogP) is 0.665. The van der Waals surface area contributed by atoms with E-state index in [1.165, 1.54) is 7.11 Å². The number of carbonyl (C=O) groups is 1. The lowest BCUT2D eigenvalue weighted by Crippen LogP contribution is -2.27. The van der Waals surface area contributed by atoms with Crippen LogP contribution < -0.4 is 4.74 Å². The number of hydrogen-bond donors (Lipinski definition) is 0. The van der Waals surface area contributed by atoms with Gasteiger partial charge in [-0.15, -0.1) is 5.10 Å². The number of ether oxygens (including phenoxy) is 1. The highest BCUT2D eigenvalue weighted by Crippen LogP contribution is 2.19. The second kappa shape index (κ2) is 3.92. The van der Waals surface area contributed by atoms with Crippen LogP contribution in [-0.2, 0) is 7.05 Å². The summed E-state index contributed by atoms with van der Waals surface area (Å²) < 4.78 is 6.67. The van der Waals surface area contributed by atoms with Crippen molar-refractivity contribution in [1.29, 1.82) is 0 Å². The van der Waals surface area contributed by atoms with Gasteiger partial charge in [0.05, 0.1) is 7.11 Å². The summed E-state index contributed by atoms with van der Waals surface area (Å²) in [6, 6.07) is 0. The van der Waals surface area contributed by atoms with Crippen LogP contribution in [0.15, 0.2) is 6.20 Å². The Morgan fingerprint density at radius 3 is 2.73 bits per heavy atom. The van der Waals surface area contributed by atoms with E-state index in [0.29, 0.717) is 11.4 Å². The van der Waals surface area contributed by atoms with Crippen LogP contribution in [0.3, 0.4) is 0 Å². The van der Waals surface area contributed by atoms with E-state index in [4.69, 9.17) is 4.74 Å². The van der Waals surface area contributed by atoms with Gasteiger partial charge in [-0.25, -0.2) is 0 Å². The fourth-order valence-corrected chi connectivity index (χ4v) is 1.86. The highest BCUT2D eigenvalue weighted by atomic mass is 16.5. The first kappa shape index (κ1) is 10.0. The van der Waals surface area contributed by atoms with E-state index in [0.717, 1.165) is 25.9 Å². The van der Waals surface area contributed by atoms with Crippen molar-refractivity contribution in [3.05, 3.63) is 11.8 Å². The normalized spacial score (nSPS) is 15.7. The van der Waals surface area contributed by atoms with E-state index in [9.17, 15) is 4.79 Å². The summed E-state index contributed by atoms with van der Waals surface area (Å²) in [6.07, 6.45) is 3.89. The van der Waals surface area contributed by atoms with E-state index >= 15 is 0 Å². The highest BCUT2D eigenvalue weighted by Gasteiger charge is 2.24. The Balaban J connectivity index is 2.23. The summed E-state index contributed by atoms with van der Waals surface area (Å²) in [5.41, 5.74) is 0.557. The van der Waals surface area contributed by atoms with Gasteiger partial charge in [-0.2, -0.15) is 0 Å². The summed E-state index contributed by atoms with van der Waals surface area (Å²) in [7, 11) is 3.31. The number of nitrogens with zero attached hydrogens (tertiary/aromatic N) is 3. The smallest absolute Gasteiger partial charge is 0.260 e. The number of aryl methyl sites for hydroxylation is 1. The first-order chi connectivity index (χ1) is 7.22. The molecule has 5 heteroatoms. The Morgan fingerprint density at radius 1 is 1.47 bits per heavy atom. The number of carbonyl (C=O) groups excluding carboxylic acids is 1. The van der Waals surface area contributed by atoms with Crippen LogP contribution in [0.1, 0.15) is 23.2 Å². The molecular formula is C10H15N3O2. The van der Waals surface area contributed by atoms with Gasteiger partial charge in [-0.05, 0) is 12.8 Å². The molecule has 15 heavy (non-hydrogen) atoms. The molecule has 0 N–H and O–H groups in total. The average molecular weight is 209 g/mol. The molecule has 1 aliphatic heterocycles. The number of aromatic nitrogens is 2. The predicted molar refractivity (Wildman–Crippen MR) is 54.9 cm³/mol. The molecule has 0 spiro atoms. The molecule has 1 amide bonds. The maximum atomic E-state index is 12.0. The molecule has 0 atom stereocenters. The first-order valence-corrected chi connectivity index (χ1v) is 5.09. The Hall–Kier alpha value is -1.52. The molecule has 0 unspecified atom stereocenters. The Kier molecular flexibility index (Phi) is 2.62. The van der Waals surface area contributed by atoms with Crippen molar-refractivity contribution < 1.29 is 9.53 Å². The number of methoxy groups -OCH3 is 1. The van der Waals surface area contributed by atoms with Gasteiger partial charge in [0.15, 0.2) is 0 Å². The molecule has 1 aliphatic rings. The monoisotopic (exact) mass is 209 g/mol. The van der Waals surface area contributed by atoms with Crippen LogP contribution >= 0.6 is 0 Å². The van der Waals surface area contributed by atoms with Crippen molar-refractivity contribution in [2.24, 2.45) is 7.05 Å². The summed E-state index contributed by atoms with van der Waals surface area (Å²) in [5, 5.41) is 4.07. The van der Waals surface area contributed by atoms with Gasteiger partial charge in [-0.3, -0.25) is 9.48 Å². The largest absolute Gasteiger partial charge is 0.479 e. The van der Waals surface area contributed by atoms with E-state index < -0.39 is 0 Å². The summed E-state index contributed by atoms with van der Waals surface area (Å²) >= 11 is 0. The fraction of sp³-hybridized carbons (Fsp3) is 0.600. The van der Waals surface area contributed by atoms with Crippen LogP contribution in [0.4, 0.5) is 0 Å². The fourth-order valence-electron chi connectivity index (χ4n) is 1.86. The first-order valence-electron chi connectivity index (χ1n) is 5.09. The zero-order chi connectivity index (χ0) is 10.8. The third-order valence-electron chi connectivity index (χ3n) is 2.61.